The van der Waals surface area contributed by atoms with Crippen LogP contribution in [-0.2, 0) is 6.18 Å². The highest BCUT2D eigenvalue weighted by Gasteiger charge is 2.35. The van der Waals surface area contributed by atoms with Crippen molar-refractivity contribution in [2.75, 3.05) is 7.11 Å². The Kier molecular flexibility index (Phi) is 2.94. The first-order valence-corrected chi connectivity index (χ1v) is 4.29. The summed E-state index contributed by atoms with van der Waals surface area (Å²) in [6.07, 6.45) is -4.60. The van der Waals surface area contributed by atoms with Crippen LogP contribution in [0, 0.1) is 0 Å². The standard InChI is InChI=1S/C8H6BrF3O2/c1-14-6-3-4(9)2-5(7(6)13)8(10,11)12/h2-3,13H,1H3. The van der Waals surface area contributed by atoms with E-state index in [0.717, 1.165) is 6.07 Å². The first kappa shape index (κ1) is 11.2. The van der Waals surface area contributed by atoms with Gasteiger partial charge in [-0.3, -0.25) is 0 Å². The van der Waals surface area contributed by atoms with Gasteiger partial charge in [0, 0.05) is 4.47 Å². The van der Waals surface area contributed by atoms with Gasteiger partial charge in [-0.05, 0) is 12.1 Å². The molecule has 0 aromatic heterocycles. The number of ether oxygens (including phenoxy) is 1. The van der Waals surface area contributed by atoms with Crippen LogP contribution < -0.4 is 4.74 Å². The van der Waals surface area contributed by atoms with E-state index in [-0.39, 0.29) is 10.2 Å². The molecular formula is C8H6BrF3O2. The van der Waals surface area contributed by atoms with Crippen LogP contribution in [0.5, 0.6) is 11.5 Å². The van der Waals surface area contributed by atoms with Crippen LogP contribution in [0.25, 0.3) is 0 Å². The average molecular weight is 271 g/mol. The summed E-state index contributed by atoms with van der Waals surface area (Å²) in [5, 5.41) is 9.18. The van der Waals surface area contributed by atoms with Crippen molar-refractivity contribution in [3.8, 4) is 11.5 Å². The van der Waals surface area contributed by atoms with Crippen molar-refractivity contribution in [3.05, 3.63) is 22.2 Å². The number of methoxy groups -OCH3 is 1. The summed E-state index contributed by atoms with van der Waals surface area (Å²) in [4.78, 5) is 0. The van der Waals surface area contributed by atoms with E-state index in [9.17, 15) is 18.3 Å². The maximum Gasteiger partial charge on any atom is 0.420 e. The molecule has 0 aliphatic carbocycles. The van der Waals surface area contributed by atoms with E-state index >= 15 is 0 Å². The largest absolute Gasteiger partial charge is 0.504 e. The zero-order valence-corrected chi connectivity index (χ0v) is 8.61. The number of hydrogen-bond donors (Lipinski definition) is 1. The van der Waals surface area contributed by atoms with E-state index < -0.39 is 17.5 Å². The Morgan fingerprint density at radius 1 is 1.36 bits per heavy atom. The molecule has 0 aliphatic heterocycles. The summed E-state index contributed by atoms with van der Waals surface area (Å²) in [5.74, 6) is -1.12. The second-order valence-corrected chi connectivity index (χ2v) is 3.42. The van der Waals surface area contributed by atoms with Crippen molar-refractivity contribution in [1.82, 2.24) is 0 Å². The molecule has 0 aliphatic rings. The average Bonchev–Trinajstić information content (AvgIpc) is 2.06. The maximum absolute atomic E-state index is 12.3. The second kappa shape index (κ2) is 3.68. The number of benzene rings is 1. The Balaban J connectivity index is 3.37. The zero-order chi connectivity index (χ0) is 10.9. The highest BCUT2D eigenvalue weighted by Crippen LogP contribution is 2.42. The maximum atomic E-state index is 12.3. The van der Waals surface area contributed by atoms with Gasteiger partial charge in [0.15, 0.2) is 11.5 Å². The number of phenols is 1. The molecule has 0 amide bonds. The van der Waals surface area contributed by atoms with Crippen LogP contribution in [0.4, 0.5) is 13.2 Å². The molecule has 14 heavy (non-hydrogen) atoms. The highest BCUT2D eigenvalue weighted by atomic mass is 79.9. The predicted octanol–water partition coefficient (Wildman–Crippen LogP) is 3.18. The SMILES string of the molecule is COc1cc(Br)cc(C(F)(F)F)c1O. The number of phenolic OH excluding ortho intramolecular Hbond substituents is 1. The number of aromatic hydroxyl groups is 1. The first-order valence-electron chi connectivity index (χ1n) is 3.50. The van der Waals surface area contributed by atoms with Gasteiger partial charge in [0.1, 0.15) is 5.56 Å². The summed E-state index contributed by atoms with van der Waals surface area (Å²) in [5.41, 5.74) is -1.12. The molecule has 0 fully saturated rings. The van der Waals surface area contributed by atoms with Gasteiger partial charge in [0.2, 0.25) is 0 Å². The fraction of sp³-hybridized carbons (Fsp3) is 0.250. The minimum atomic E-state index is -4.60. The lowest BCUT2D eigenvalue weighted by Gasteiger charge is -2.12. The molecule has 0 atom stereocenters. The number of hydrogen-bond acceptors (Lipinski definition) is 2. The molecule has 0 spiro atoms. The van der Waals surface area contributed by atoms with Crippen molar-refractivity contribution >= 4 is 15.9 Å². The van der Waals surface area contributed by atoms with Crippen LogP contribution in [0.2, 0.25) is 0 Å². The van der Waals surface area contributed by atoms with Crippen molar-refractivity contribution < 1.29 is 23.0 Å². The lowest BCUT2D eigenvalue weighted by atomic mass is 10.2. The number of rotatable bonds is 1. The van der Waals surface area contributed by atoms with Gasteiger partial charge < -0.3 is 9.84 Å². The van der Waals surface area contributed by atoms with Gasteiger partial charge >= 0.3 is 6.18 Å². The van der Waals surface area contributed by atoms with E-state index in [1.165, 1.54) is 13.2 Å². The summed E-state index contributed by atoms with van der Waals surface area (Å²) in [7, 11) is 1.18. The molecule has 1 N–H and O–H groups in total. The lowest BCUT2D eigenvalue weighted by Crippen LogP contribution is -2.06. The Morgan fingerprint density at radius 3 is 2.36 bits per heavy atom. The van der Waals surface area contributed by atoms with E-state index in [0.29, 0.717) is 0 Å². The molecule has 78 valence electrons. The fourth-order valence-electron chi connectivity index (χ4n) is 0.946. The van der Waals surface area contributed by atoms with Crippen molar-refractivity contribution in [1.29, 1.82) is 0 Å². The molecular weight excluding hydrogens is 265 g/mol. The van der Waals surface area contributed by atoms with Crippen LogP contribution in [0.15, 0.2) is 16.6 Å². The Hall–Kier alpha value is -0.910. The molecule has 0 bridgehead atoms. The topological polar surface area (TPSA) is 29.5 Å². The normalized spacial score (nSPS) is 11.5. The Labute approximate surface area is 86.4 Å². The molecule has 0 heterocycles. The van der Waals surface area contributed by atoms with Crippen molar-refractivity contribution in [2.24, 2.45) is 0 Å². The minimum absolute atomic E-state index is 0.194. The molecule has 0 saturated heterocycles. The molecule has 1 aromatic carbocycles. The molecule has 2 nitrogen and oxygen atoms in total. The fourth-order valence-corrected chi connectivity index (χ4v) is 1.38. The second-order valence-electron chi connectivity index (χ2n) is 2.50. The van der Waals surface area contributed by atoms with Crippen molar-refractivity contribution in [3.63, 3.8) is 0 Å². The van der Waals surface area contributed by atoms with E-state index in [1.807, 2.05) is 0 Å². The molecule has 6 heteroatoms. The van der Waals surface area contributed by atoms with Gasteiger partial charge in [-0.2, -0.15) is 13.2 Å². The molecule has 1 aromatic rings. The third kappa shape index (κ3) is 2.12. The summed E-state index contributed by atoms with van der Waals surface area (Å²) in [6.45, 7) is 0. The highest BCUT2D eigenvalue weighted by molar-refractivity contribution is 9.10. The van der Waals surface area contributed by atoms with Crippen molar-refractivity contribution in [2.45, 2.75) is 6.18 Å². The quantitative estimate of drug-likeness (QED) is 0.850. The van der Waals surface area contributed by atoms with Gasteiger partial charge in [0.25, 0.3) is 0 Å². The van der Waals surface area contributed by atoms with Crippen LogP contribution in [0.3, 0.4) is 0 Å². The van der Waals surface area contributed by atoms with Crippen LogP contribution in [0.1, 0.15) is 5.56 Å². The number of alkyl halides is 3. The van der Waals surface area contributed by atoms with Gasteiger partial charge in [-0.1, -0.05) is 15.9 Å². The zero-order valence-electron chi connectivity index (χ0n) is 7.02. The first-order chi connectivity index (χ1) is 6.36. The van der Waals surface area contributed by atoms with E-state index in [2.05, 4.69) is 20.7 Å². The van der Waals surface area contributed by atoms with Crippen LogP contribution >= 0.6 is 15.9 Å². The molecule has 0 unspecified atom stereocenters. The summed E-state index contributed by atoms with van der Waals surface area (Å²) >= 11 is 2.89. The minimum Gasteiger partial charge on any atom is -0.504 e. The van der Waals surface area contributed by atoms with Gasteiger partial charge in [-0.25, -0.2) is 0 Å². The van der Waals surface area contributed by atoms with E-state index in [1.54, 1.807) is 0 Å². The monoisotopic (exact) mass is 270 g/mol. The third-order valence-corrected chi connectivity index (χ3v) is 2.02. The summed E-state index contributed by atoms with van der Waals surface area (Å²) in [6, 6.07) is 2.04. The third-order valence-electron chi connectivity index (χ3n) is 1.57. The Morgan fingerprint density at radius 2 is 1.93 bits per heavy atom. The lowest BCUT2D eigenvalue weighted by molar-refractivity contribution is -0.138. The van der Waals surface area contributed by atoms with Gasteiger partial charge in [-0.15, -0.1) is 0 Å². The van der Waals surface area contributed by atoms with Crippen LogP contribution in [-0.4, -0.2) is 12.2 Å². The van der Waals surface area contributed by atoms with E-state index in [4.69, 9.17) is 0 Å². The Bertz CT molecular complexity index is 349. The predicted molar refractivity (Wildman–Crippen MR) is 47.4 cm³/mol. The smallest absolute Gasteiger partial charge is 0.420 e. The molecule has 0 radical (unpaired) electrons. The number of halogens is 4. The van der Waals surface area contributed by atoms with Gasteiger partial charge in [0.05, 0.1) is 7.11 Å². The molecule has 0 saturated carbocycles. The molecule has 1 rings (SSSR count). The summed E-state index contributed by atoms with van der Waals surface area (Å²) < 4.78 is 41.7.